The number of unbranched alkanes of at least 4 members (excludes halogenated alkanes) is 10. The average Bonchev–Trinajstić information content (AvgIpc) is 3.01. The van der Waals surface area contributed by atoms with E-state index >= 15 is 0 Å². The van der Waals surface area contributed by atoms with E-state index < -0.39 is 34.9 Å². The number of hydrogen-bond donors (Lipinski definition) is 5. The second-order valence-corrected chi connectivity index (χ2v) is 13.3. The monoisotopic (exact) mass is 634 g/mol. The first-order valence-electron chi connectivity index (χ1n) is 16.7. The number of carbonyl (C=O) groups excluding carboxylic acids is 2. The third kappa shape index (κ3) is 6.34. The summed E-state index contributed by atoms with van der Waals surface area (Å²) < 4.78 is 12.4. The number of fused-ring (bicyclic) bond motifs is 3. The van der Waals surface area contributed by atoms with E-state index in [0.29, 0.717) is 23.1 Å². The molecule has 9 heteroatoms. The van der Waals surface area contributed by atoms with Gasteiger partial charge in [0.25, 0.3) is 0 Å². The van der Waals surface area contributed by atoms with Crippen LogP contribution in [0.25, 0.3) is 0 Å². The SMILES string of the molecule is CCCCCCCCCCCCCC1=C(O)C(=O)C2=C(Oc3cc(O)c4c(c3C2(C)C)O[C@@H](c2ccc(O)c(O)c2)[C@H](O)C4)C1=O. The van der Waals surface area contributed by atoms with Crippen molar-refractivity contribution in [1.29, 1.82) is 0 Å². The van der Waals surface area contributed by atoms with Crippen LogP contribution in [0.5, 0.6) is 28.7 Å². The third-order valence-corrected chi connectivity index (χ3v) is 9.59. The number of ether oxygens (including phenoxy) is 2. The van der Waals surface area contributed by atoms with Gasteiger partial charge >= 0.3 is 0 Å². The highest BCUT2D eigenvalue weighted by atomic mass is 16.5. The summed E-state index contributed by atoms with van der Waals surface area (Å²) in [4.78, 5) is 27.4. The fourth-order valence-corrected chi connectivity index (χ4v) is 7.01. The van der Waals surface area contributed by atoms with Crippen LogP contribution in [0.2, 0.25) is 0 Å². The molecule has 9 nitrogen and oxygen atoms in total. The standard InChI is InChI=1S/C37H46O9/c1-4-5-6-7-8-9-10-11-12-13-14-15-22-31(42)33(44)30-36(32(22)43)45-28-20-25(39)23-19-27(41)34(21-16-17-24(38)26(40)18-21)46-35(23)29(28)37(30,2)3/h16-18,20,27,34,38-42H,4-15,19H2,1-3H3/t27-,34+/m1/s1. The molecule has 0 saturated carbocycles. The van der Waals surface area contributed by atoms with Gasteiger partial charge in [0.05, 0.1) is 11.7 Å². The number of rotatable bonds is 13. The molecule has 2 aliphatic heterocycles. The smallest absolute Gasteiger partial charge is 0.228 e. The summed E-state index contributed by atoms with van der Waals surface area (Å²) in [6, 6.07) is 5.44. The number of phenols is 3. The molecule has 0 bridgehead atoms. The molecule has 1 aliphatic carbocycles. The molecule has 3 aliphatic rings. The van der Waals surface area contributed by atoms with Crippen LogP contribution < -0.4 is 9.47 Å². The van der Waals surface area contributed by atoms with E-state index in [9.17, 15) is 35.1 Å². The Morgan fingerprint density at radius 3 is 2.07 bits per heavy atom. The Morgan fingerprint density at radius 1 is 0.804 bits per heavy atom. The van der Waals surface area contributed by atoms with Crippen molar-refractivity contribution in [3.63, 3.8) is 0 Å². The number of hydrogen-bond acceptors (Lipinski definition) is 9. The maximum absolute atomic E-state index is 13.7. The largest absolute Gasteiger partial charge is 0.507 e. The first-order valence-corrected chi connectivity index (χ1v) is 16.7. The molecular formula is C37H46O9. The lowest BCUT2D eigenvalue weighted by molar-refractivity contribution is -0.120. The van der Waals surface area contributed by atoms with Crippen LogP contribution in [0.4, 0.5) is 0 Å². The normalized spacial score (nSPS) is 20.2. The Morgan fingerprint density at radius 2 is 1.43 bits per heavy atom. The van der Waals surface area contributed by atoms with Crippen molar-refractivity contribution >= 4 is 11.6 Å². The Labute approximate surface area is 270 Å². The molecule has 0 spiro atoms. The highest BCUT2D eigenvalue weighted by Gasteiger charge is 2.50. The molecule has 2 aromatic rings. The summed E-state index contributed by atoms with van der Waals surface area (Å²) in [5.41, 5.74) is -0.0525. The molecule has 5 N–H and O–H groups in total. The van der Waals surface area contributed by atoms with Crippen LogP contribution >= 0.6 is 0 Å². The van der Waals surface area contributed by atoms with Crippen molar-refractivity contribution in [2.24, 2.45) is 0 Å². The van der Waals surface area contributed by atoms with Crippen molar-refractivity contribution in [1.82, 2.24) is 0 Å². The van der Waals surface area contributed by atoms with Gasteiger partial charge in [-0.15, -0.1) is 0 Å². The minimum absolute atomic E-state index is 0.00614. The highest BCUT2D eigenvalue weighted by molar-refractivity contribution is 6.24. The maximum atomic E-state index is 13.7. The van der Waals surface area contributed by atoms with Crippen LogP contribution in [0, 0.1) is 0 Å². The molecule has 0 aromatic heterocycles. The lowest BCUT2D eigenvalue weighted by Gasteiger charge is -2.41. The van der Waals surface area contributed by atoms with Gasteiger partial charge < -0.3 is 35.0 Å². The molecule has 5 rings (SSSR count). The number of aliphatic hydroxyl groups excluding tert-OH is 2. The van der Waals surface area contributed by atoms with E-state index in [2.05, 4.69) is 6.92 Å². The molecule has 0 unspecified atom stereocenters. The number of ketones is 2. The summed E-state index contributed by atoms with van der Waals surface area (Å²) in [7, 11) is 0. The predicted octanol–water partition coefficient (Wildman–Crippen LogP) is 7.43. The summed E-state index contributed by atoms with van der Waals surface area (Å²) in [5.74, 6) is -2.52. The molecule has 2 atom stereocenters. The van der Waals surface area contributed by atoms with Crippen molar-refractivity contribution < 1.29 is 44.6 Å². The summed E-state index contributed by atoms with van der Waals surface area (Å²) in [6.45, 7) is 5.67. The summed E-state index contributed by atoms with van der Waals surface area (Å²) in [6.07, 6.45) is 10.7. The average molecular weight is 635 g/mol. The van der Waals surface area contributed by atoms with E-state index in [4.69, 9.17) is 9.47 Å². The van der Waals surface area contributed by atoms with Gasteiger partial charge in [0.1, 0.15) is 23.4 Å². The molecule has 0 radical (unpaired) electrons. The zero-order valence-corrected chi connectivity index (χ0v) is 27.0. The van der Waals surface area contributed by atoms with E-state index in [-0.39, 0.29) is 58.5 Å². The second kappa shape index (κ2) is 13.8. The van der Waals surface area contributed by atoms with Gasteiger partial charge in [-0.3, -0.25) is 9.59 Å². The Bertz CT molecular complexity index is 1560. The van der Waals surface area contributed by atoms with Crippen LogP contribution in [0.15, 0.2) is 46.9 Å². The van der Waals surface area contributed by atoms with Crippen molar-refractivity contribution in [2.45, 2.75) is 122 Å². The van der Waals surface area contributed by atoms with Crippen LogP contribution in [0.3, 0.4) is 0 Å². The van der Waals surface area contributed by atoms with Gasteiger partial charge in [-0.1, -0.05) is 91.0 Å². The lowest BCUT2D eigenvalue weighted by Crippen LogP contribution is -2.40. The topological polar surface area (TPSA) is 154 Å². The van der Waals surface area contributed by atoms with Crippen molar-refractivity contribution in [3.8, 4) is 28.7 Å². The summed E-state index contributed by atoms with van der Waals surface area (Å²) in [5, 5.41) is 52.7. The van der Waals surface area contributed by atoms with Gasteiger partial charge in [0, 0.05) is 34.6 Å². The van der Waals surface area contributed by atoms with E-state index in [0.717, 1.165) is 19.3 Å². The molecule has 248 valence electrons. The Kier molecular flexibility index (Phi) is 10.0. The van der Waals surface area contributed by atoms with Crippen LogP contribution in [-0.2, 0) is 21.4 Å². The number of aromatic hydroxyl groups is 3. The highest BCUT2D eigenvalue weighted by Crippen LogP contribution is 2.56. The minimum Gasteiger partial charge on any atom is -0.507 e. The fraction of sp³-hybridized carbons (Fsp3) is 0.514. The quantitative estimate of drug-likeness (QED) is 0.0860. The first kappa shape index (κ1) is 33.4. The van der Waals surface area contributed by atoms with Crippen molar-refractivity contribution in [2.75, 3.05) is 0 Å². The molecule has 46 heavy (non-hydrogen) atoms. The number of benzene rings is 2. The number of phenolic OH excluding ortho intramolecular Hbond substituents is 3. The van der Waals surface area contributed by atoms with Crippen LogP contribution in [-0.4, -0.2) is 43.2 Å². The predicted molar refractivity (Wildman–Crippen MR) is 172 cm³/mol. The maximum Gasteiger partial charge on any atom is 0.228 e. The van der Waals surface area contributed by atoms with E-state index in [1.54, 1.807) is 13.8 Å². The van der Waals surface area contributed by atoms with Gasteiger partial charge in [0.15, 0.2) is 23.0 Å². The summed E-state index contributed by atoms with van der Waals surface area (Å²) >= 11 is 0. The second-order valence-electron chi connectivity index (χ2n) is 13.3. The van der Waals surface area contributed by atoms with Gasteiger partial charge in [-0.2, -0.15) is 0 Å². The lowest BCUT2D eigenvalue weighted by atomic mass is 9.69. The Balaban J connectivity index is 1.32. The molecule has 0 fully saturated rings. The molecular weight excluding hydrogens is 588 g/mol. The Hall–Kier alpha value is -3.98. The number of allylic oxidation sites excluding steroid dienone is 2. The van der Waals surface area contributed by atoms with Gasteiger partial charge in [-0.25, -0.2) is 0 Å². The number of Topliss-reactive ketones (excluding diaryl/α,β-unsaturated/α-hetero) is 2. The first-order chi connectivity index (χ1) is 22.0. The number of carbonyl (C=O) groups is 2. The minimum atomic E-state index is -1.19. The van der Waals surface area contributed by atoms with Gasteiger partial charge in [-0.05, 0) is 30.5 Å². The van der Waals surface area contributed by atoms with Crippen LogP contribution in [0.1, 0.15) is 121 Å². The zero-order valence-electron chi connectivity index (χ0n) is 27.0. The molecule has 0 saturated heterocycles. The van der Waals surface area contributed by atoms with E-state index in [1.807, 2.05) is 0 Å². The zero-order chi connectivity index (χ0) is 33.2. The molecule has 0 amide bonds. The number of aliphatic hydroxyl groups is 2. The third-order valence-electron chi connectivity index (χ3n) is 9.59. The van der Waals surface area contributed by atoms with Gasteiger partial charge in [0.2, 0.25) is 11.6 Å². The molecule has 2 heterocycles. The fourth-order valence-electron chi connectivity index (χ4n) is 7.01. The van der Waals surface area contributed by atoms with E-state index in [1.165, 1.54) is 69.2 Å². The van der Waals surface area contributed by atoms with Crippen molar-refractivity contribution in [3.05, 3.63) is 63.6 Å². The molecule has 2 aromatic carbocycles.